The highest BCUT2D eigenvalue weighted by Crippen LogP contribution is 2.21. The molecule has 0 radical (unpaired) electrons. The maximum absolute atomic E-state index is 12.8. The summed E-state index contributed by atoms with van der Waals surface area (Å²) >= 11 is 0. The van der Waals surface area contributed by atoms with Crippen molar-refractivity contribution >= 4 is 5.91 Å². The van der Waals surface area contributed by atoms with Crippen molar-refractivity contribution in [2.24, 2.45) is 5.92 Å². The number of carbonyl (C=O) groups is 1. The molecule has 0 bridgehead atoms. The molecule has 1 saturated heterocycles. The van der Waals surface area contributed by atoms with Crippen LogP contribution in [0.5, 0.6) is 0 Å². The lowest BCUT2D eigenvalue weighted by atomic mass is 10.1. The normalized spacial score (nSPS) is 18.1. The summed E-state index contributed by atoms with van der Waals surface area (Å²) in [5.41, 5.74) is 2.71. The molecule has 124 valence electrons. The van der Waals surface area contributed by atoms with Crippen LogP contribution in [0.2, 0.25) is 0 Å². The van der Waals surface area contributed by atoms with E-state index in [0.717, 1.165) is 43.6 Å². The number of H-pyrrole nitrogens is 1. The molecular weight excluding hydrogens is 290 g/mol. The number of amides is 1. The van der Waals surface area contributed by atoms with Crippen LogP contribution in [0.3, 0.4) is 0 Å². The molecule has 3 heterocycles. The van der Waals surface area contributed by atoms with Gasteiger partial charge >= 0.3 is 0 Å². The molecule has 23 heavy (non-hydrogen) atoms. The Labute approximate surface area is 136 Å². The van der Waals surface area contributed by atoms with Gasteiger partial charge in [0.25, 0.3) is 5.91 Å². The molecule has 1 N–H and O–H groups in total. The molecule has 1 aliphatic heterocycles. The van der Waals surface area contributed by atoms with E-state index in [1.54, 1.807) is 0 Å². The van der Waals surface area contributed by atoms with Crippen LogP contribution in [0.4, 0.5) is 0 Å². The Morgan fingerprint density at radius 3 is 3.00 bits per heavy atom. The van der Waals surface area contributed by atoms with Gasteiger partial charge in [0.15, 0.2) is 0 Å². The zero-order chi connectivity index (χ0) is 16.4. The molecule has 0 aliphatic carbocycles. The Morgan fingerprint density at radius 2 is 2.30 bits per heavy atom. The number of nitrogens with one attached hydrogen (secondary N) is 1. The number of aromatic nitrogens is 4. The molecule has 1 fully saturated rings. The van der Waals surface area contributed by atoms with Gasteiger partial charge < -0.3 is 4.90 Å². The molecular formula is C17H25N5O. The second-order valence-corrected chi connectivity index (χ2v) is 6.91. The first kappa shape index (κ1) is 15.8. The lowest BCUT2D eigenvalue weighted by Gasteiger charge is -2.23. The SMILES string of the molecule is Cc1cnn(C[C@@H]2CCCN2C(=O)c2cc(CC(C)C)[nH]n2)c1. The number of aromatic amines is 1. The summed E-state index contributed by atoms with van der Waals surface area (Å²) in [6.07, 6.45) is 6.85. The van der Waals surface area contributed by atoms with E-state index >= 15 is 0 Å². The quantitative estimate of drug-likeness (QED) is 0.921. The van der Waals surface area contributed by atoms with E-state index in [-0.39, 0.29) is 11.9 Å². The molecule has 0 aromatic carbocycles. The lowest BCUT2D eigenvalue weighted by molar-refractivity contribution is 0.0715. The van der Waals surface area contributed by atoms with Crippen LogP contribution < -0.4 is 0 Å². The first-order valence-electron chi connectivity index (χ1n) is 8.37. The third-order valence-corrected chi connectivity index (χ3v) is 4.28. The Bertz CT molecular complexity index is 672. The smallest absolute Gasteiger partial charge is 0.274 e. The van der Waals surface area contributed by atoms with E-state index in [9.17, 15) is 4.79 Å². The van der Waals surface area contributed by atoms with Crippen LogP contribution in [0.1, 0.15) is 48.4 Å². The van der Waals surface area contributed by atoms with E-state index in [1.165, 1.54) is 0 Å². The molecule has 2 aromatic rings. The average molecular weight is 315 g/mol. The highest BCUT2D eigenvalue weighted by Gasteiger charge is 2.31. The summed E-state index contributed by atoms with van der Waals surface area (Å²) < 4.78 is 1.93. The van der Waals surface area contributed by atoms with Gasteiger partial charge in [-0.2, -0.15) is 10.2 Å². The first-order valence-corrected chi connectivity index (χ1v) is 8.37. The minimum absolute atomic E-state index is 0.0302. The van der Waals surface area contributed by atoms with Crippen molar-refractivity contribution in [2.45, 2.75) is 52.6 Å². The predicted octanol–water partition coefficient (Wildman–Crippen LogP) is 2.42. The number of rotatable bonds is 5. The van der Waals surface area contributed by atoms with E-state index in [2.05, 4.69) is 29.1 Å². The van der Waals surface area contributed by atoms with Crippen molar-refractivity contribution < 1.29 is 4.79 Å². The number of hydrogen-bond acceptors (Lipinski definition) is 3. The molecule has 6 nitrogen and oxygen atoms in total. The van der Waals surface area contributed by atoms with E-state index in [4.69, 9.17) is 0 Å². The van der Waals surface area contributed by atoms with Gasteiger partial charge in [-0.05, 0) is 43.7 Å². The summed E-state index contributed by atoms with van der Waals surface area (Å²) in [4.78, 5) is 14.7. The highest BCUT2D eigenvalue weighted by atomic mass is 16.2. The lowest BCUT2D eigenvalue weighted by Crippen LogP contribution is -2.38. The molecule has 1 aliphatic rings. The van der Waals surface area contributed by atoms with Crippen LogP contribution in [0.25, 0.3) is 0 Å². The maximum Gasteiger partial charge on any atom is 0.274 e. The van der Waals surface area contributed by atoms with Gasteiger partial charge in [-0.15, -0.1) is 0 Å². The molecule has 1 atom stereocenters. The fourth-order valence-electron chi connectivity index (χ4n) is 3.24. The molecule has 0 saturated carbocycles. The highest BCUT2D eigenvalue weighted by molar-refractivity contribution is 5.92. The summed E-state index contributed by atoms with van der Waals surface area (Å²) in [6, 6.07) is 2.10. The van der Waals surface area contributed by atoms with Gasteiger partial charge in [0, 0.05) is 18.4 Å². The van der Waals surface area contributed by atoms with Crippen molar-refractivity contribution in [3.63, 3.8) is 0 Å². The number of likely N-dealkylation sites (tertiary alicyclic amines) is 1. The summed E-state index contributed by atoms with van der Waals surface area (Å²) in [7, 11) is 0. The van der Waals surface area contributed by atoms with Crippen LogP contribution >= 0.6 is 0 Å². The fraction of sp³-hybridized carbons (Fsp3) is 0.588. The van der Waals surface area contributed by atoms with Gasteiger partial charge in [0.05, 0.1) is 18.8 Å². The molecule has 0 unspecified atom stereocenters. The van der Waals surface area contributed by atoms with Crippen molar-refractivity contribution in [1.29, 1.82) is 0 Å². The standard InChI is InChI=1S/C17H25N5O/c1-12(2)7-14-8-16(20-19-14)17(23)22-6-4-5-15(22)11-21-10-13(3)9-18-21/h8-10,12,15H,4-7,11H2,1-3H3,(H,19,20)/t15-/m0/s1. The van der Waals surface area contributed by atoms with Gasteiger partial charge in [-0.25, -0.2) is 0 Å². The fourth-order valence-corrected chi connectivity index (χ4v) is 3.24. The first-order chi connectivity index (χ1) is 11.0. The molecule has 1 amide bonds. The van der Waals surface area contributed by atoms with E-state index in [1.807, 2.05) is 35.0 Å². The third kappa shape index (κ3) is 3.63. The van der Waals surface area contributed by atoms with Crippen LogP contribution in [0, 0.1) is 12.8 Å². The molecule has 6 heteroatoms. The topological polar surface area (TPSA) is 66.8 Å². The van der Waals surface area contributed by atoms with Crippen molar-refractivity contribution in [1.82, 2.24) is 24.9 Å². The van der Waals surface area contributed by atoms with E-state index < -0.39 is 0 Å². The van der Waals surface area contributed by atoms with E-state index in [0.29, 0.717) is 11.6 Å². The Morgan fingerprint density at radius 1 is 1.48 bits per heavy atom. The molecule has 0 spiro atoms. The Hall–Kier alpha value is -2.11. The molecule has 3 rings (SSSR count). The van der Waals surface area contributed by atoms with Gasteiger partial charge in [-0.1, -0.05) is 13.8 Å². The number of carbonyl (C=O) groups excluding carboxylic acids is 1. The van der Waals surface area contributed by atoms with Crippen molar-refractivity contribution in [3.8, 4) is 0 Å². The van der Waals surface area contributed by atoms with Crippen molar-refractivity contribution in [3.05, 3.63) is 35.4 Å². The maximum atomic E-state index is 12.8. The van der Waals surface area contributed by atoms with Gasteiger partial charge in [0.2, 0.25) is 0 Å². The number of aryl methyl sites for hydroxylation is 1. The summed E-state index contributed by atoms with van der Waals surface area (Å²) in [6.45, 7) is 7.90. The minimum atomic E-state index is 0.0302. The Kier molecular flexibility index (Phi) is 4.50. The summed E-state index contributed by atoms with van der Waals surface area (Å²) in [5.74, 6) is 0.573. The van der Waals surface area contributed by atoms with Crippen molar-refractivity contribution in [2.75, 3.05) is 6.54 Å². The Balaban J connectivity index is 1.69. The largest absolute Gasteiger partial charge is 0.332 e. The second-order valence-electron chi connectivity index (χ2n) is 6.91. The molecule has 2 aromatic heterocycles. The van der Waals surface area contributed by atoms with Crippen LogP contribution in [-0.2, 0) is 13.0 Å². The van der Waals surface area contributed by atoms with Crippen LogP contribution in [-0.4, -0.2) is 43.4 Å². The summed E-state index contributed by atoms with van der Waals surface area (Å²) in [5, 5.41) is 11.6. The average Bonchev–Trinajstić information content (AvgIpc) is 3.20. The second kappa shape index (κ2) is 6.56. The third-order valence-electron chi connectivity index (χ3n) is 4.28. The van der Waals surface area contributed by atoms with Crippen LogP contribution in [0.15, 0.2) is 18.5 Å². The zero-order valence-electron chi connectivity index (χ0n) is 14.1. The van der Waals surface area contributed by atoms with Gasteiger partial charge in [0.1, 0.15) is 5.69 Å². The number of hydrogen-bond donors (Lipinski definition) is 1. The predicted molar refractivity (Wildman–Crippen MR) is 88.2 cm³/mol. The monoisotopic (exact) mass is 315 g/mol. The van der Waals surface area contributed by atoms with Gasteiger partial charge in [-0.3, -0.25) is 14.6 Å². The number of nitrogens with zero attached hydrogens (tertiary/aromatic N) is 4. The zero-order valence-corrected chi connectivity index (χ0v) is 14.1. The minimum Gasteiger partial charge on any atom is -0.332 e.